The highest BCUT2D eigenvalue weighted by Crippen LogP contribution is 2.20. The fourth-order valence-electron chi connectivity index (χ4n) is 1.18. The largest absolute Gasteiger partial charge is 0.508 e. The minimum absolute atomic E-state index is 0.00191. The van der Waals surface area contributed by atoms with E-state index in [0.717, 1.165) is 0 Å². The van der Waals surface area contributed by atoms with Crippen molar-refractivity contribution in [3.63, 3.8) is 0 Å². The summed E-state index contributed by atoms with van der Waals surface area (Å²) < 4.78 is 5.09. The Hall–Kier alpha value is -0.970. The molecule has 4 nitrogen and oxygen atoms in total. The monoisotopic (exact) mass is 277 g/mol. The van der Waals surface area contributed by atoms with Gasteiger partial charge in [-0.05, 0) is 18.2 Å². The summed E-state index contributed by atoms with van der Waals surface area (Å²) in [7, 11) is 0. The standard InChI is InChI=1S/C11H13Cl2NO3/c12-3-5-17-6-4-14-11(16)9-7-8(15)1-2-10(9)13/h1-2,7,15H,3-6H2,(H,14,16). The number of rotatable bonds is 6. The van der Waals surface area contributed by atoms with Crippen LogP contribution in [0, 0.1) is 0 Å². The van der Waals surface area contributed by atoms with Gasteiger partial charge in [0.1, 0.15) is 5.75 Å². The minimum Gasteiger partial charge on any atom is -0.508 e. The van der Waals surface area contributed by atoms with Crippen LogP contribution in [0.4, 0.5) is 0 Å². The van der Waals surface area contributed by atoms with Crippen LogP contribution in [0.15, 0.2) is 18.2 Å². The smallest absolute Gasteiger partial charge is 0.253 e. The van der Waals surface area contributed by atoms with Gasteiger partial charge in [0.2, 0.25) is 0 Å². The third-order valence-electron chi connectivity index (χ3n) is 1.95. The number of aromatic hydroxyl groups is 1. The molecule has 0 radical (unpaired) electrons. The summed E-state index contributed by atoms with van der Waals surface area (Å²) in [5.41, 5.74) is 0.240. The molecule has 0 aliphatic carbocycles. The number of alkyl halides is 1. The van der Waals surface area contributed by atoms with E-state index in [1.165, 1.54) is 18.2 Å². The quantitative estimate of drug-likeness (QED) is 0.618. The number of benzene rings is 1. The summed E-state index contributed by atoms with van der Waals surface area (Å²) in [6, 6.07) is 4.20. The highest BCUT2D eigenvalue weighted by molar-refractivity contribution is 6.33. The van der Waals surface area contributed by atoms with Crippen molar-refractivity contribution in [1.82, 2.24) is 5.32 Å². The Kier molecular flexibility index (Phi) is 6.11. The number of phenols is 1. The van der Waals surface area contributed by atoms with Crippen LogP contribution in [0.25, 0.3) is 0 Å². The molecule has 1 amide bonds. The summed E-state index contributed by atoms with van der Waals surface area (Å²) in [5, 5.41) is 12.2. The SMILES string of the molecule is O=C(NCCOCCCl)c1cc(O)ccc1Cl. The first-order chi connectivity index (χ1) is 8.15. The Bertz CT molecular complexity index is 385. The molecule has 0 bridgehead atoms. The highest BCUT2D eigenvalue weighted by Gasteiger charge is 2.10. The number of carbonyl (C=O) groups is 1. The molecule has 1 rings (SSSR count). The van der Waals surface area contributed by atoms with Gasteiger partial charge in [-0.25, -0.2) is 0 Å². The fraction of sp³-hybridized carbons (Fsp3) is 0.364. The van der Waals surface area contributed by atoms with Crippen LogP contribution >= 0.6 is 23.2 Å². The number of phenolic OH excluding ortho intramolecular Hbond substituents is 1. The lowest BCUT2D eigenvalue weighted by molar-refractivity contribution is 0.0923. The van der Waals surface area contributed by atoms with Crippen LogP contribution in [0.3, 0.4) is 0 Å². The molecule has 17 heavy (non-hydrogen) atoms. The van der Waals surface area contributed by atoms with E-state index in [1.807, 2.05) is 0 Å². The molecule has 1 aromatic rings. The van der Waals surface area contributed by atoms with Crippen molar-refractivity contribution in [2.75, 3.05) is 25.6 Å². The fourth-order valence-corrected chi connectivity index (χ4v) is 1.49. The van der Waals surface area contributed by atoms with Gasteiger partial charge in [0.15, 0.2) is 0 Å². The Balaban J connectivity index is 2.44. The number of nitrogens with one attached hydrogen (secondary N) is 1. The highest BCUT2D eigenvalue weighted by atomic mass is 35.5. The van der Waals surface area contributed by atoms with Crippen molar-refractivity contribution in [2.24, 2.45) is 0 Å². The maximum absolute atomic E-state index is 11.7. The molecule has 0 saturated heterocycles. The molecule has 0 atom stereocenters. The van der Waals surface area contributed by atoms with Crippen molar-refractivity contribution in [3.05, 3.63) is 28.8 Å². The molecule has 0 aliphatic rings. The zero-order valence-electron chi connectivity index (χ0n) is 9.08. The second-order valence-electron chi connectivity index (χ2n) is 3.22. The van der Waals surface area contributed by atoms with E-state index in [2.05, 4.69) is 5.32 Å². The molecule has 2 N–H and O–H groups in total. The Labute approximate surface area is 109 Å². The average Bonchev–Trinajstić information content (AvgIpc) is 2.32. The molecule has 0 fully saturated rings. The summed E-state index contributed by atoms with van der Waals surface area (Å²) in [5.74, 6) is 0.0742. The van der Waals surface area contributed by atoms with Crippen molar-refractivity contribution in [2.45, 2.75) is 0 Å². The Morgan fingerprint density at radius 2 is 2.18 bits per heavy atom. The molecular weight excluding hydrogens is 265 g/mol. The summed E-state index contributed by atoms with van der Waals surface area (Å²) in [4.78, 5) is 11.7. The van der Waals surface area contributed by atoms with Crippen LogP contribution in [-0.2, 0) is 4.74 Å². The van der Waals surface area contributed by atoms with E-state index in [9.17, 15) is 9.90 Å². The minimum atomic E-state index is -0.347. The number of carbonyl (C=O) groups excluding carboxylic acids is 1. The molecule has 0 spiro atoms. The summed E-state index contributed by atoms with van der Waals surface area (Å²) >= 11 is 11.3. The van der Waals surface area contributed by atoms with E-state index in [0.29, 0.717) is 30.7 Å². The average molecular weight is 278 g/mol. The van der Waals surface area contributed by atoms with E-state index in [-0.39, 0.29) is 17.2 Å². The number of hydrogen-bond acceptors (Lipinski definition) is 3. The van der Waals surface area contributed by atoms with Gasteiger partial charge in [0, 0.05) is 12.4 Å². The maximum atomic E-state index is 11.7. The van der Waals surface area contributed by atoms with Gasteiger partial charge in [0.05, 0.1) is 23.8 Å². The predicted octanol–water partition coefficient (Wildman–Crippen LogP) is 2.03. The molecule has 0 aromatic heterocycles. The van der Waals surface area contributed by atoms with E-state index in [1.54, 1.807) is 0 Å². The van der Waals surface area contributed by atoms with E-state index < -0.39 is 0 Å². The topological polar surface area (TPSA) is 58.6 Å². The van der Waals surface area contributed by atoms with Gasteiger partial charge in [0.25, 0.3) is 5.91 Å². The van der Waals surface area contributed by atoms with Gasteiger partial charge >= 0.3 is 0 Å². The number of amides is 1. The molecule has 0 saturated carbocycles. The summed E-state index contributed by atoms with van der Waals surface area (Å²) in [6.07, 6.45) is 0. The summed E-state index contributed by atoms with van der Waals surface area (Å²) in [6.45, 7) is 1.20. The molecular formula is C11H13Cl2NO3. The molecule has 0 unspecified atom stereocenters. The van der Waals surface area contributed by atoms with Crippen LogP contribution in [0.1, 0.15) is 10.4 Å². The van der Waals surface area contributed by atoms with Crippen molar-refractivity contribution in [3.8, 4) is 5.75 Å². The maximum Gasteiger partial charge on any atom is 0.253 e. The number of hydrogen-bond donors (Lipinski definition) is 2. The first kappa shape index (κ1) is 14.1. The zero-order chi connectivity index (χ0) is 12.7. The van der Waals surface area contributed by atoms with Gasteiger partial charge in [-0.2, -0.15) is 0 Å². The molecule has 0 aliphatic heterocycles. The van der Waals surface area contributed by atoms with Crippen LogP contribution < -0.4 is 5.32 Å². The van der Waals surface area contributed by atoms with Crippen molar-refractivity contribution < 1.29 is 14.6 Å². The third kappa shape index (κ3) is 4.81. The lowest BCUT2D eigenvalue weighted by atomic mass is 10.2. The van der Waals surface area contributed by atoms with Gasteiger partial charge in [-0.1, -0.05) is 11.6 Å². The van der Waals surface area contributed by atoms with Crippen LogP contribution in [-0.4, -0.2) is 36.7 Å². The first-order valence-corrected chi connectivity index (χ1v) is 5.97. The first-order valence-electron chi connectivity index (χ1n) is 5.05. The van der Waals surface area contributed by atoms with Crippen molar-refractivity contribution >= 4 is 29.1 Å². The number of ether oxygens (including phenoxy) is 1. The van der Waals surface area contributed by atoms with E-state index in [4.69, 9.17) is 27.9 Å². The van der Waals surface area contributed by atoms with Crippen LogP contribution in [0.5, 0.6) is 5.75 Å². The van der Waals surface area contributed by atoms with Gasteiger partial charge in [-0.3, -0.25) is 4.79 Å². The number of halogens is 2. The lowest BCUT2D eigenvalue weighted by Gasteiger charge is -2.07. The van der Waals surface area contributed by atoms with E-state index >= 15 is 0 Å². The molecule has 0 heterocycles. The predicted molar refractivity (Wildman–Crippen MR) is 67.0 cm³/mol. The van der Waals surface area contributed by atoms with Gasteiger partial charge in [-0.15, -0.1) is 11.6 Å². The molecule has 94 valence electrons. The normalized spacial score (nSPS) is 10.2. The second kappa shape index (κ2) is 7.37. The Morgan fingerprint density at radius 1 is 1.41 bits per heavy atom. The third-order valence-corrected chi connectivity index (χ3v) is 2.43. The zero-order valence-corrected chi connectivity index (χ0v) is 10.6. The lowest BCUT2D eigenvalue weighted by Crippen LogP contribution is -2.27. The Morgan fingerprint density at radius 3 is 2.88 bits per heavy atom. The van der Waals surface area contributed by atoms with Gasteiger partial charge < -0.3 is 15.2 Å². The molecule has 1 aromatic carbocycles. The molecule has 6 heteroatoms. The van der Waals surface area contributed by atoms with Crippen LogP contribution in [0.2, 0.25) is 5.02 Å². The van der Waals surface area contributed by atoms with Crippen molar-refractivity contribution in [1.29, 1.82) is 0 Å². The second-order valence-corrected chi connectivity index (χ2v) is 4.01.